The molecule has 1 heterocycles. The van der Waals surface area contributed by atoms with Gasteiger partial charge in [0.15, 0.2) is 12.2 Å². The highest BCUT2D eigenvalue weighted by molar-refractivity contribution is 5.91. The SMILES string of the molecule is C=CO[C@@H]1O[C@H](COC(=O)c2ccccc2)[C@H](OC(=O)c2ccccc2)[C@H](OC(=O)c2ccccc2)[C@H]1OC(=O)c1ccccc1. The third-order valence-corrected chi connectivity index (χ3v) is 6.97. The van der Waals surface area contributed by atoms with Crippen LogP contribution in [0.1, 0.15) is 41.4 Å². The van der Waals surface area contributed by atoms with Gasteiger partial charge in [-0.1, -0.05) is 79.4 Å². The van der Waals surface area contributed by atoms with Crippen LogP contribution in [0.2, 0.25) is 0 Å². The Hall–Kier alpha value is -5.74. The summed E-state index contributed by atoms with van der Waals surface area (Å²) in [7, 11) is 0. The van der Waals surface area contributed by atoms with Crippen molar-refractivity contribution in [1.29, 1.82) is 0 Å². The van der Waals surface area contributed by atoms with Crippen LogP contribution in [0, 0.1) is 0 Å². The van der Waals surface area contributed by atoms with Crippen molar-refractivity contribution in [1.82, 2.24) is 0 Å². The van der Waals surface area contributed by atoms with E-state index >= 15 is 0 Å². The Morgan fingerprint density at radius 2 is 0.913 bits per heavy atom. The first-order valence-electron chi connectivity index (χ1n) is 14.4. The van der Waals surface area contributed by atoms with E-state index in [0.29, 0.717) is 0 Å². The standard InChI is InChI=1S/C36H30O10/c1-2-41-36-31(46-35(40)27-21-13-6-14-22-27)30(45-34(39)26-19-11-5-12-20-26)29(44-33(38)25-17-9-4-10-18-25)28(43-36)23-42-32(37)24-15-7-3-8-16-24/h2-22,28-31,36H,1,23H2/t28-,29+,30+,31-,36-/m1/s1. The van der Waals surface area contributed by atoms with Crippen molar-refractivity contribution in [3.05, 3.63) is 156 Å². The van der Waals surface area contributed by atoms with Gasteiger partial charge < -0.3 is 28.4 Å². The van der Waals surface area contributed by atoms with Gasteiger partial charge in [-0.25, -0.2) is 19.2 Å². The minimum Gasteiger partial charge on any atom is -0.469 e. The molecule has 5 rings (SSSR count). The van der Waals surface area contributed by atoms with Gasteiger partial charge in [-0.2, -0.15) is 0 Å². The molecule has 5 atom stereocenters. The van der Waals surface area contributed by atoms with Crippen molar-refractivity contribution < 1.29 is 47.6 Å². The third-order valence-electron chi connectivity index (χ3n) is 6.97. The van der Waals surface area contributed by atoms with E-state index in [1.807, 2.05) is 0 Å². The fourth-order valence-corrected chi connectivity index (χ4v) is 4.73. The zero-order valence-electron chi connectivity index (χ0n) is 24.5. The lowest BCUT2D eigenvalue weighted by Crippen LogP contribution is -2.63. The molecule has 0 unspecified atom stereocenters. The molecule has 0 aliphatic carbocycles. The number of hydrogen-bond acceptors (Lipinski definition) is 10. The van der Waals surface area contributed by atoms with Crippen molar-refractivity contribution in [2.75, 3.05) is 6.61 Å². The van der Waals surface area contributed by atoms with E-state index in [-0.39, 0.29) is 22.3 Å². The first kappa shape index (κ1) is 31.7. The topological polar surface area (TPSA) is 124 Å². The van der Waals surface area contributed by atoms with Crippen molar-refractivity contribution >= 4 is 23.9 Å². The molecule has 4 aromatic rings. The zero-order valence-corrected chi connectivity index (χ0v) is 24.5. The van der Waals surface area contributed by atoms with Crippen LogP contribution in [-0.4, -0.2) is 61.2 Å². The molecule has 1 aliphatic rings. The average molecular weight is 623 g/mol. The average Bonchev–Trinajstić information content (AvgIpc) is 3.11. The van der Waals surface area contributed by atoms with Crippen LogP contribution in [0.15, 0.2) is 134 Å². The van der Waals surface area contributed by atoms with Crippen molar-refractivity contribution in [3.63, 3.8) is 0 Å². The zero-order chi connectivity index (χ0) is 32.3. The number of carbonyl (C=O) groups excluding carboxylic acids is 4. The van der Waals surface area contributed by atoms with Crippen LogP contribution >= 0.6 is 0 Å². The first-order valence-corrected chi connectivity index (χ1v) is 14.4. The van der Waals surface area contributed by atoms with Gasteiger partial charge in [-0.3, -0.25) is 0 Å². The highest BCUT2D eigenvalue weighted by atomic mass is 16.7. The van der Waals surface area contributed by atoms with Crippen LogP contribution in [-0.2, 0) is 28.4 Å². The van der Waals surface area contributed by atoms with Gasteiger partial charge in [0.2, 0.25) is 12.4 Å². The summed E-state index contributed by atoms with van der Waals surface area (Å²) in [5.41, 5.74) is 0.850. The van der Waals surface area contributed by atoms with Crippen LogP contribution in [0.25, 0.3) is 0 Å². The molecule has 10 heteroatoms. The molecule has 234 valence electrons. The molecule has 0 amide bonds. The highest BCUT2D eigenvalue weighted by Crippen LogP contribution is 2.32. The van der Waals surface area contributed by atoms with E-state index in [0.717, 1.165) is 6.26 Å². The van der Waals surface area contributed by atoms with Crippen molar-refractivity contribution in [3.8, 4) is 0 Å². The molecule has 0 aromatic heterocycles. The Labute approximate surface area is 265 Å². The Balaban J connectivity index is 1.52. The maximum absolute atomic E-state index is 13.4. The second-order valence-electron chi connectivity index (χ2n) is 10.0. The van der Waals surface area contributed by atoms with E-state index in [2.05, 4.69) is 6.58 Å². The fourth-order valence-electron chi connectivity index (χ4n) is 4.73. The minimum atomic E-state index is -1.49. The monoisotopic (exact) mass is 622 g/mol. The first-order chi connectivity index (χ1) is 22.4. The molecule has 0 spiro atoms. The van der Waals surface area contributed by atoms with Crippen molar-refractivity contribution in [2.45, 2.75) is 30.7 Å². The van der Waals surface area contributed by atoms with E-state index in [4.69, 9.17) is 28.4 Å². The molecule has 1 aliphatic heterocycles. The fraction of sp³-hybridized carbons (Fsp3) is 0.167. The largest absolute Gasteiger partial charge is 0.469 e. The summed E-state index contributed by atoms with van der Waals surface area (Å²) < 4.78 is 35.0. The van der Waals surface area contributed by atoms with E-state index in [1.54, 1.807) is 97.1 Å². The highest BCUT2D eigenvalue weighted by Gasteiger charge is 2.54. The third kappa shape index (κ3) is 7.85. The molecule has 1 saturated heterocycles. The Bertz CT molecular complexity index is 1630. The van der Waals surface area contributed by atoms with E-state index in [9.17, 15) is 19.2 Å². The predicted molar refractivity (Wildman–Crippen MR) is 164 cm³/mol. The smallest absolute Gasteiger partial charge is 0.338 e. The van der Waals surface area contributed by atoms with Gasteiger partial charge in [-0.15, -0.1) is 0 Å². The Morgan fingerprint density at radius 3 is 1.33 bits per heavy atom. The summed E-state index contributed by atoms with van der Waals surface area (Å²) in [6.07, 6.45) is -5.99. The van der Waals surface area contributed by atoms with Gasteiger partial charge in [0.05, 0.1) is 28.5 Å². The Morgan fingerprint density at radius 1 is 0.543 bits per heavy atom. The number of esters is 4. The van der Waals surface area contributed by atoms with E-state index < -0.39 is 61.2 Å². The molecule has 4 aromatic carbocycles. The van der Waals surface area contributed by atoms with Crippen LogP contribution in [0.4, 0.5) is 0 Å². The molecule has 1 fully saturated rings. The number of benzene rings is 4. The summed E-state index contributed by atoms with van der Waals surface area (Å²) in [5, 5.41) is 0. The van der Waals surface area contributed by atoms with Gasteiger partial charge in [-0.05, 0) is 48.5 Å². The van der Waals surface area contributed by atoms with Gasteiger partial charge in [0.1, 0.15) is 12.7 Å². The maximum atomic E-state index is 13.4. The molecular weight excluding hydrogens is 592 g/mol. The molecule has 0 bridgehead atoms. The summed E-state index contributed by atoms with van der Waals surface area (Å²) >= 11 is 0. The summed E-state index contributed by atoms with van der Waals surface area (Å²) in [4.78, 5) is 53.0. The summed E-state index contributed by atoms with van der Waals surface area (Å²) in [6.45, 7) is 3.14. The van der Waals surface area contributed by atoms with Crippen molar-refractivity contribution in [2.24, 2.45) is 0 Å². The lowest BCUT2D eigenvalue weighted by atomic mass is 9.97. The summed E-state index contributed by atoms with van der Waals surface area (Å²) in [5.74, 6) is -3.04. The predicted octanol–water partition coefficient (Wildman–Crippen LogP) is 5.41. The second-order valence-corrected chi connectivity index (χ2v) is 10.0. The second kappa shape index (κ2) is 15.3. The molecule has 0 N–H and O–H groups in total. The quantitative estimate of drug-likeness (QED) is 0.122. The van der Waals surface area contributed by atoms with E-state index in [1.165, 1.54) is 24.3 Å². The number of hydrogen-bond donors (Lipinski definition) is 0. The van der Waals surface area contributed by atoms with Crippen LogP contribution in [0.3, 0.4) is 0 Å². The molecule has 0 saturated carbocycles. The minimum absolute atomic E-state index is 0.184. The number of ether oxygens (including phenoxy) is 6. The normalized spacial score (nSPS) is 20.4. The molecule has 46 heavy (non-hydrogen) atoms. The number of rotatable bonds is 11. The molecule has 10 nitrogen and oxygen atoms in total. The maximum Gasteiger partial charge on any atom is 0.338 e. The van der Waals surface area contributed by atoms with Crippen LogP contribution < -0.4 is 0 Å². The van der Waals surface area contributed by atoms with Gasteiger partial charge >= 0.3 is 23.9 Å². The lowest BCUT2D eigenvalue weighted by molar-refractivity contribution is -0.285. The van der Waals surface area contributed by atoms with Gasteiger partial charge in [0.25, 0.3) is 0 Å². The van der Waals surface area contributed by atoms with Crippen LogP contribution in [0.5, 0.6) is 0 Å². The summed E-state index contributed by atoms with van der Waals surface area (Å²) in [6, 6.07) is 32.6. The number of carbonyl (C=O) groups is 4. The Kier molecular flexibility index (Phi) is 10.5. The lowest BCUT2D eigenvalue weighted by Gasteiger charge is -2.43. The molecule has 0 radical (unpaired) electrons. The van der Waals surface area contributed by atoms with Gasteiger partial charge in [0, 0.05) is 0 Å². The molecular formula is C36H30O10.